The van der Waals surface area contributed by atoms with Crippen LogP contribution in [0.1, 0.15) is 33.6 Å². The highest BCUT2D eigenvalue weighted by Crippen LogP contribution is 2.42. The molecule has 0 bridgehead atoms. The number of para-hydroxylation sites is 2. The van der Waals surface area contributed by atoms with Crippen molar-refractivity contribution in [1.29, 1.82) is 0 Å². The fraction of sp³-hybridized carbons (Fsp3) is 0.138. The molecule has 0 aliphatic carbocycles. The molecular weight excluding hydrogens is 472 g/mol. The third kappa shape index (κ3) is 3.55. The van der Waals surface area contributed by atoms with Crippen molar-refractivity contribution in [2.45, 2.75) is 27.7 Å². The number of halogens is 1. The number of rotatable bonds is 3. The number of aromatic nitrogens is 1. The summed E-state index contributed by atoms with van der Waals surface area (Å²) in [6, 6.07) is 24.4. The van der Waals surface area contributed by atoms with E-state index >= 15 is 0 Å². The SMILES string of the molecule is Cc1cc(-n2c(C)cc(/C=C3/C(=O)N(c4ccccc4)c4ccccc43)c2C)cc(C)c1Br. The van der Waals surface area contributed by atoms with E-state index in [0.717, 1.165) is 49.6 Å². The smallest absolute Gasteiger partial charge is 0.263 e. The molecule has 0 fully saturated rings. The van der Waals surface area contributed by atoms with Crippen LogP contribution in [0.3, 0.4) is 0 Å². The van der Waals surface area contributed by atoms with Gasteiger partial charge in [-0.15, -0.1) is 0 Å². The number of amides is 1. The van der Waals surface area contributed by atoms with E-state index in [0.29, 0.717) is 0 Å². The van der Waals surface area contributed by atoms with Crippen LogP contribution in [0.2, 0.25) is 0 Å². The highest BCUT2D eigenvalue weighted by molar-refractivity contribution is 9.10. The number of hydrogen-bond donors (Lipinski definition) is 0. The van der Waals surface area contributed by atoms with E-state index in [-0.39, 0.29) is 5.91 Å². The largest absolute Gasteiger partial charge is 0.318 e. The van der Waals surface area contributed by atoms with Gasteiger partial charge in [-0.2, -0.15) is 0 Å². The molecule has 0 N–H and O–H groups in total. The molecule has 4 heteroatoms. The van der Waals surface area contributed by atoms with Crippen molar-refractivity contribution in [2.75, 3.05) is 4.90 Å². The van der Waals surface area contributed by atoms with Gasteiger partial charge in [-0.3, -0.25) is 9.69 Å². The Labute approximate surface area is 203 Å². The van der Waals surface area contributed by atoms with Crippen molar-refractivity contribution >= 4 is 44.9 Å². The second-order valence-electron chi connectivity index (χ2n) is 8.61. The standard InChI is InChI=1S/C29H25BrN2O/c1-18-14-24(15-19(2)28(18)30)31-20(3)16-22(21(31)4)17-26-25-12-8-9-13-27(25)32(29(26)33)23-10-6-5-7-11-23/h5-17H,1-4H3/b26-17+. The molecule has 1 aliphatic heterocycles. The predicted molar refractivity (Wildman–Crippen MR) is 140 cm³/mol. The molecule has 0 spiro atoms. The van der Waals surface area contributed by atoms with Gasteiger partial charge in [0.15, 0.2) is 0 Å². The predicted octanol–water partition coefficient (Wildman–Crippen LogP) is 7.69. The van der Waals surface area contributed by atoms with Crippen LogP contribution in [-0.2, 0) is 4.79 Å². The summed E-state index contributed by atoms with van der Waals surface area (Å²) in [5, 5.41) is 0. The van der Waals surface area contributed by atoms with Crippen LogP contribution in [0.4, 0.5) is 11.4 Å². The van der Waals surface area contributed by atoms with Crippen molar-refractivity contribution in [1.82, 2.24) is 4.57 Å². The lowest BCUT2D eigenvalue weighted by Gasteiger charge is -2.16. The average Bonchev–Trinajstić information content (AvgIpc) is 3.25. The molecule has 0 unspecified atom stereocenters. The van der Waals surface area contributed by atoms with Gasteiger partial charge < -0.3 is 4.57 Å². The summed E-state index contributed by atoms with van der Waals surface area (Å²) in [4.78, 5) is 15.4. The number of fused-ring (bicyclic) bond motifs is 1. The van der Waals surface area contributed by atoms with Crippen molar-refractivity contribution < 1.29 is 4.79 Å². The first-order valence-electron chi connectivity index (χ1n) is 11.0. The van der Waals surface area contributed by atoms with Gasteiger partial charge in [0.05, 0.1) is 11.3 Å². The van der Waals surface area contributed by atoms with Crippen molar-refractivity contribution in [3.05, 3.63) is 111 Å². The lowest BCUT2D eigenvalue weighted by atomic mass is 10.0. The maximum absolute atomic E-state index is 13.6. The summed E-state index contributed by atoms with van der Waals surface area (Å²) < 4.78 is 3.41. The highest BCUT2D eigenvalue weighted by atomic mass is 79.9. The van der Waals surface area contributed by atoms with Gasteiger partial charge in [0.2, 0.25) is 0 Å². The quantitative estimate of drug-likeness (QED) is 0.267. The number of aryl methyl sites for hydroxylation is 3. The van der Waals surface area contributed by atoms with Crippen LogP contribution in [-0.4, -0.2) is 10.5 Å². The molecular formula is C29H25BrN2O. The van der Waals surface area contributed by atoms with Crippen molar-refractivity contribution in [2.24, 2.45) is 0 Å². The second-order valence-corrected chi connectivity index (χ2v) is 9.40. The lowest BCUT2D eigenvalue weighted by Crippen LogP contribution is -2.20. The van der Waals surface area contributed by atoms with E-state index in [2.05, 4.69) is 66.4 Å². The zero-order chi connectivity index (χ0) is 23.3. The Balaban J connectivity index is 1.64. The second kappa shape index (κ2) is 8.20. The van der Waals surface area contributed by atoms with Crippen LogP contribution in [0, 0.1) is 27.7 Å². The minimum Gasteiger partial charge on any atom is -0.318 e. The summed E-state index contributed by atoms with van der Waals surface area (Å²) in [6.07, 6.45) is 2.04. The van der Waals surface area contributed by atoms with Gasteiger partial charge in [-0.25, -0.2) is 0 Å². The van der Waals surface area contributed by atoms with Crippen LogP contribution < -0.4 is 4.90 Å². The van der Waals surface area contributed by atoms with E-state index in [1.54, 1.807) is 0 Å². The summed E-state index contributed by atoms with van der Waals surface area (Å²) in [5.41, 5.74) is 10.3. The number of hydrogen-bond acceptors (Lipinski definition) is 1. The first-order valence-corrected chi connectivity index (χ1v) is 11.8. The monoisotopic (exact) mass is 496 g/mol. The van der Waals surface area contributed by atoms with E-state index in [4.69, 9.17) is 0 Å². The van der Waals surface area contributed by atoms with E-state index in [1.807, 2.05) is 65.6 Å². The van der Waals surface area contributed by atoms with Crippen molar-refractivity contribution in [3.63, 3.8) is 0 Å². The molecule has 33 heavy (non-hydrogen) atoms. The fourth-order valence-corrected chi connectivity index (χ4v) is 4.98. The summed E-state index contributed by atoms with van der Waals surface area (Å²) in [6.45, 7) is 8.46. The third-order valence-electron chi connectivity index (χ3n) is 6.33. The topological polar surface area (TPSA) is 25.2 Å². The molecule has 0 atom stereocenters. The Bertz CT molecular complexity index is 1410. The Morgan fingerprint density at radius 2 is 1.42 bits per heavy atom. The number of benzene rings is 3. The third-order valence-corrected chi connectivity index (χ3v) is 7.58. The van der Waals surface area contributed by atoms with Gasteiger partial charge >= 0.3 is 0 Å². The molecule has 1 amide bonds. The molecule has 3 aromatic carbocycles. The Kier molecular flexibility index (Phi) is 5.34. The van der Waals surface area contributed by atoms with Gasteiger partial charge in [0.1, 0.15) is 0 Å². The molecule has 1 aromatic heterocycles. The zero-order valence-electron chi connectivity index (χ0n) is 19.2. The van der Waals surface area contributed by atoms with Crippen LogP contribution >= 0.6 is 15.9 Å². The molecule has 0 saturated heterocycles. The molecule has 0 saturated carbocycles. The maximum Gasteiger partial charge on any atom is 0.263 e. The molecule has 0 radical (unpaired) electrons. The van der Waals surface area contributed by atoms with Crippen LogP contribution in [0.15, 0.2) is 77.3 Å². The molecule has 4 aromatic rings. The molecule has 1 aliphatic rings. The molecule has 2 heterocycles. The number of carbonyl (C=O) groups is 1. The number of carbonyl (C=O) groups excluding carboxylic acids is 1. The minimum atomic E-state index is 0.00235. The van der Waals surface area contributed by atoms with Gasteiger partial charge in [0.25, 0.3) is 5.91 Å². The lowest BCUT2D eigenvalue weighted by molar-refractivity contribution is -0.112. The van der Waals surface area contributed by atoms with Gasteiger partial charge in [-0.1, -0.05) is 52.3 Å². The highest BCUT2D eigenvalue weighted by Gasteiger charge is 2.33. The summed E-state index contributed by atoms with van der Waals surface area (Å²) >= 11 is 3.67. The van der Waals surface area contributed by atoms with Crippen LogP contribution in [0.25, 0.3) is 17.3 Å². The number of nitrogens with zero attached hydrogens (tertiary/aromatic N) is 2. The van der Waals surface area contributed by atoms with Crippen molar-refractivity contribution in [3.8, 4) is 5.69 Å². The average molecular weight is 497 g/mol. The maximum atomic E-state index is 13.6. The molecule has 3 nitrogen and oxygen atoms in total. The number of anilines is 2. The minimum absolute atomic E-state index is 0.00235. The normalized spacial score (nSPS) is 14.3. The first kappa shape index (κ1) is 21.5. The van der Waals surface area contributed by atoms with E-state index in [1.165, 1.54) is 11.1 Å². The molecule has 5 rings (SSSR count). The van der Waals surface area contributed by atoms with Gasteiger partial charge in [-0.05, 0) is 86.9 Å². The fourth-order valence-electron chi connectivity index (χ4n) is 4.75. The molecule has 164 valence electrons. The van der Waals surface area contributed by atoms with Crippen LogP contribution in [0.5, 0.6) is 0 Å². The summed E-state index contributed by atoms with van der Waals surface area (Å²) in [5.74, 6) is 0.00235. The van der Waals surface area contributed by atoms with E-state index < -0.39 is 0 Å². The van der Waals surface area contributed by atoms with Gasteiger partial charge in [0, 0.05) is 32.8 Å². The van der Waals surface area contributed by atoms with E-state index in [9.17, 15) is 4.79 Å². The summed E-state index contributed by atoms with van der Waals surface area (Å²) in [7, 11) is 0. The first-order chi connectivity index (χ1) is 15.9. The Morgan fingerprint density at radius 3 is 2.12 bits per heavy atom. The Morgan fingerprint density at radius 1 is 0.788 bits per heavy atom. The Hall–Kier alpha value is -3.37. The zero-order valence-corrected chi connectivity index (χ0v) is 20.8.